The second-order valence-electron chi connectivity index (χ2n) is 8.11. The number of nitrogens with zero attached hydrogens (tertiary/aromatic N) is 3. The number of anilines is 1. The number of ether oxygens (including phenoxy) is 1. The van der Waals surface area contributed by atoms with Gasteiger partial charge in [0.05, 0.1) is 42.3 Å². The van der Waals surface area contributed by atoms with Gasteiger partial charge in [0.2, 0.25) is 11.8 Å². The van der Waals surface area contributed by atoms with Gasteiger partial charge in [-0.2, -0.15) is 5.10 Å². The predicted molar refractivity (Wildman–Crippen MR) is 108 cm³/mol. The fraction of sp³-hybridized carbons (Fsp3) is 0.684. The third-order valence-corrected chi connectivity index (χ3v) is 5.49. The summed E-state index contributed by atoms with van der Waals surface area (Å²) < 4.78 is 7.73. The van der Waals surface area contributed by atoms with Crippen molar-refractivity contribution in [2.45, 2.75) is 50.4 Å². The fourth-order valence-corrected chi connectivity index (χ4v) is 4.04. The van der Waals surface area contributed by atoms with Gasteiger partial charge in [-0.1, -0.05) is 0 Å². The molecule has 168 valence electrons. The van der Waals surface area contributed by atoms with E-state index >= 15 is 0 Å². The lowest BCUT2D eigenvalue weighted by molar-refractivity contribution is -0.189. The van der Waals surface area contributed by atoms with Crippen LogP contribution in [0.3, 0.4) is 0 Å². The standard InChI is InChI=1S/C18H29N5O4.CH2O2/c1-13(24)20-15-11-27-18(12-17(15,2)26)4-6-23(7-5-18)10-16(25)21-14-8-19-22(3)9-14;2-1-3/h8-9,15,26H,4-7,10-12H2,1-3H3,(H,20,24)(H,21,25);1H,(H,2,3)/t15-,17-;/m0./s1. The van der Waals surface area contributed by atoms with Crippen molar-refractivity contribution in [3.8, 4) is 0 Å². The van der Waals surface area contributed by atoms with E-state index in [4.69, 9.17) is 14.6 Å². The van der Waals surface area contributed by atoms with Crippen LogP contribution in [0.2, 0.25) is 0 Å². The maximum absolute atomic E-state index is 12.2. The minimum atomic E-state index is -1.01. The van der Waals surface area contributed by atoms with Gasteiger partial charge in [-0.05, 0) is 19.8 Å². The number of nitrogens with one attached hydrogen (secondary N) is 2. The molecule has 3 heterocycles. The monoisotopic (exact) mass is 425 g/mol. The Morgan fingerprint density at radius 2 is 2.03 bits per heavy atom. The lowest BCUT2D eigenvalue weighted by atomic mass is 9.75. The summed E-state index contributed by atoms with van der Waals surface area (Å²) in [5.41, 5.74) is -0.717. The van der Waals surface area contributed by atoms with Crippen molar-refractivity contribution in [3.05, 3.63) is 12.4 Å². The van der Waals surface area contributed by atoms with Crippen molar-refractivity contribution in [1.82, 2.24) is 20.0 Å². The average molecular weight is 425 g/mol. The number of aromatic nitrogens is 2. The molecule has 2 saturated heterocycles. The Morgan fingerprint density at radius 1 is 1.40 bits per heavy atom. The molecule has 2 amide bonds. The highest BCUT2D eigenvalue weighted by molar-refractivity contribution is 5.91. The van der Waals surface area contributed by atoms with Crippen LogP contribution in [0.4, 0.5) is 5.69 Å². The summed E-state index contributed by atoms with van der Waals surface area (Å²) in [6.07, 6.45) is 5.34. The Kier molecular flexibility index (Phi) is 7.93. The third kappa shape index (κ3) is 6.51. The van der Waals surface area contributed by atoms with Crippen LogP contribution in [0.15, 0.2) is 12.4 Å². The zero-order chi connectivity index (χ0) is 22.4. The number of piperidine rings is 1. The van der Waals surface area contributed by atoms with E-state index in [9.17, 15) is 14.7 Å². The van der Waals surface area contributed by atoms with Crippen molar-refractivity contribution in [1.29, 1.82) is 0 Å². The van der Waals surface area contributed by atoms with E-state index in [1.54, 1.807) is 31.0 Å². The summed E-state index contributed by atoms with van der Waals surface area (Å²) >= 11 is 0. The first-order valence-corrected chi connectivity index (χ1v) is 9.81. The molecule has 0 radical (unpaired) electrons. The maximum Gasteiger partial charge on any atom is 0.290 e. The first-order valence-electron chi connectivity index (χ1n) is 9.81. The molecule has 0 aromatic carbocycles. The molecule has 0 unspecified atom stereocenters. The number of rotatable bonds is 4. The first-order chi connectivity index (χ1) is 14.1. The van der Waals surface area contributed by atoms with E-state index in [0.717, 1.165) is 25.9 Å². The molecule has 30 heavy (non-hydrogen) atoms. The molecule has 2 atom stereocenters. The van der Waals surface area contributed by atoms with Gasteiger partial charge < -0.3 is 25.6 Å². The highest BCUT2D eigenvalue weighted by Crippen LogP contribution is 2.39. The SMILES string of the molecule is CC(=O)N[C@H]1COC2(CCN(CC(=O)Nc3cnn(C)c3)CC2)C[C@]1(C)O.O=CO. The minimum absolute atomic E-state index is 0.0683. The van der Waals surface area contributed by atoms with Gasteiger partial charge in [0, 0.05) is 39.7 Å². The third-order valence-electron chi connectivity index (χ3n) is 5.49. The number of carboxylic acid groups (broad SMARTS) is 1. The van der Waals surface area contributed by atoms with Gasteiger partial charge in [0.25, 0.3) is 6.47 Å². The number of aryl methyl sites for hydroxylation is 1. The van der Waals surface area contributed by atoms with E-state index in [1.165, 1.54) is 6.92 Å². The number of hydrogen-bond acceptors (Lipinski definition) is 7. The molecule has 0 saturated carbocycles. The van der Waals surface area contributed by atoms with Gasteiger partial charge in [0.1, 0.15) is 0 Å². The Balaban J connectivity index is 0.00000101. The highest BCUT2D eigenvalue weighted by Gasteiger charge is 2.49. The highest BCUT2D eigenvalue weighted by atomic mass is 16.5. The van der Waals surface area contributed by atoms with Crippen LogP contribution in [0.1, 0.15) is 33.1 Å². The summed E-state index contributed by atoms with van der Waals surface area (Å²) in [5.74, 6) is -0.240. The number of aliphatic hydroxyl groups is 1. The summed E-state index contributed by atoms with van der Waals surface area (Å²) in [7, 11) is 1.80. The van der Waals surface area contributed by atoms with Crippen LogP contribution < -0.4 is 10.6 Å². The molecule has 2 fully saturated rings. The van der Waals surface area contributed by atoms with Crippen LogP contribution in [0.25, 0.3) is 0 Å². The first kappa shape index (κ1) is 23.8. The Labute approximate surface area is 175 Å². The predicted octanol–water partition coefficient (Wildman–Crippen LogP) is -0.430. The lowest BCUT2D eigenvalue weighted by Gasteiger charge is -2.51. The van der Waals surface area contributed by atoms with E-state index < -0.39 is 17.2 Å². The van der Waals surface area contributed by atoms with E-state index in [1.807, 2.05) is 0 Å². The normalized spacial score (nSPS) is 25.7. The average Bonchev–Trinajstić information content (AvgIpc) is 3.04. The molecule has 1 aromatic heterocycles. The molecule has 1 aromatic rings. The van der Waals surface area contributed by atoms with Gasteiger partial charge in [0.15, 0.2) is 0 Å². The van der Waals surface area contributed by atoms with Crippen molar-refractivity contribution >= 4 is 24.0 Å². The molecule has 1 spiro atoms. The van der Waals surface area contributed by atoms with Gasteiger partial charge >= 0.3 is 0 Å². The Hall–Kier alpha value is -2.50. The van der Waals surface area contributed by atoms with Crippen LogP contribution in [0.5, 0.6) is 0 Å². The fourth-order valence-electron chi connectivity index (χ4n) is 4.04. The molecular weight excluding hydrogens is 394 g/mol. The van der Waals surface area contributed by atoms with Crippen LogP contribution in [-0.2, 0) is 26.2 Å². The lowest BCUT2D eigenvalue weighted by Crippen LogP contribution is -2.63. The van der Waals surface area contributed by atoms with E-state index in [0.29, 0.717) is 25.3 Å². The number of likely N-dealkylation sites (tertiary alicyclic amines) is 1. The topological polar surface area (TPSA) is 146 Å². The Bertz CT molecular complexity index is 742. The molecule has 2 aliphatic rings. The van der Waals surface area contributed by atoms with Crippen molar-refractivity contribution in [3.63, 3.8) is 0 Å². The summed E-state index contributed by atoms with van der Waals surface area (Å²) in [6.45, 7) is 5.01. The zero-order valence-electron chi connectivity index (χ0n) is 17.6. The van der Waals surface area contributed by atoms with Crippen LogP contribution in [0, 0.1) is 0 Å². The zero-order valence-corrected chi connectivity index (χ0v) is 17.6. The Morgan fingerprint density at radius 3 is 2.53 bits per heavy atom. The molecule has 0 bridgehead atoms. The molecular formula is C19H31N5O6. The maximum atomic E-state index is 12.2. The van der Waals surface area contributed by atoms with Crippen molar-refractivity contribution in [2.24, 2.45) is 7.05 Å². The number of amides is 2. The molecule has 4 N–H and O–H groups in total. The molecule has 0 aliphatic carbocycles. The summed E-state index contributed by atoms with van der Waals surface area (Å²) in [6, 6.07) is -0.399. The van der Waals surface area contributed by atoms with Crippen LogP contribution >= 0.6 is 0 Å². The number of hydrogen-bond donors (Lipinski definition) is 4. The summed E-state index contributed by atoms with van der Waals surface area (Å²) in [5, 5.41) is 27.3. The van der Waals surface area contributed by atoms with E-state index in [2.05, 4.69) is 20.6 Å². The van der Waals surface area contributed by atoms with Gasteiger partial charge in [-0.15, -0.1) is 0 Å². The molecule has 11 heteroatoms. The number of carbonyl (C=O) groups excluding carboxylic acids is 2. The van der Waals surface area contributed by atoms with Gasteiger partial charge in [-0.3, -0.25) is 24.0 Å². The molecule has 11 nitrogen and oxygen atoms in total. The largest absolute Gasteiger partial charge is 0.483 e. The second kappa shape index (κ2) is 10.0. The van der Waals surface area contributed by atoms with Crippen LogP contribution in [-0.4, -0.2) is 86.7 Å². The van der Waals surface area contributed by atoms with Crippen molar-refractivity contribution in [2.75, 3.05) is 31.6 Å². The smallest absolute Gasteiger partial charge is 0.290 e. The van der Waals surface area contributed by atoms with Gasteiger partial charge in [-0.25, -0.2) is 0 Å². The quantitative estimate of drug-likeness (QED) is 0.476. The van der Waals surface area contributed by atoms with E-state index in [-0.39, 0.29) is 18.3 Å². The number of carbonyl (C=O) groups is 3. The molecule has 2 aliphatic heterocycles. The minimum Gasteiger partial charge on any atom is -0.483 e. The summed E-state index contributed by atoms with van der Waals surface area (Å²) in [4.78, 5) is 34.0. The second-order valence-corrected chi connectivity index (χ2v) is 8.11. The molecule has 3 rings (SSSR count). The van der Waals surface area contributed by atoms with Crippen molar-refractivity contribution < 1.29 is 29.3 Å².